The van der Waals surface area contributed by atoms with Gasteiger partial charge in [0.15, 0.2) is 0 Å². The molecule has 1 saturated heterocycles. The van der Waals surface area contributed by atoms with Crippen LogP contribution < -0.4 is 0 Å². The minimum absolute atomic E-state index is 0.0600. The van der Waals surface area contributed by atoms with Gasteiger partial charge in [0.05, 0.1) is 6.04 Å². The zero-order valence-electron chi connectivity index (χ0n) is 9.99. The van der Waals surface area contributed by atoms with Crippen molar-refractivity contribution < 1.29 is 4.79 Å². The van der Waals surface area contributed by atoms with E-state index >= 15 is 0 Å². The minimum atomic E-state index is 0.0600. The molecule has 0 radical (unpaired) electrons. The first-order chi connectivity index (χ1) is 8.84. The van der Waals surface area contributed by atoms with Crippen LogP contribution in [0.5, 0.6) is 0 Å². The summed E-state index contributed by atoms with van der Waals surface area (Å²) in [4.78, 5) is 21.0. The summed E-state index contributed by atoms with van der Waals surface area (Å²) < 4.78 is 1.84. The number of likely N-dealkylation sites (tertiary alicyclic amines) is 1. The highest BCUT2D eigenvalue weighted by Gasteiger charge is 2.26. The molecule has 2 aromatic heterocycles. The number of hydrogen-bond acceptors (Lipinski definition) is 3. The first-order valence-electron chi connectivity index (χ1n) is 6.11. The van der Waals surface area contributed by atoms with Crippen molar-refractivity contribution in [3.8, 4) is 0 Å². The van der Waals surface area contributed by atoms with E-state index in [0.717, 1.165) is 19.4 Å². The number of nitrogens with one attached hydrogen (secondary N) is 1. The van der Waals surface area contributed by atoms with Crippen molar-refractivity contribution in [2.45, 2.75) is 18.9 Å². The fourth-order valence-corrected chi connectivity index (χ4v) is 2.39. The third-order valence-corrected chi connectivity index (χ3v) is 3.32. The number of hydrogen-bond donors (Lipinski definition) is 1. The van der Waals surface area contributed by atoms with Crippen molar-refractivity contribution in [2.75, 3.05) is 13.1 Å². The summed E-state index contributed by atoms with van der Waals surface area (Å²) in [6, 6.07) is 3.88. The molecule has 1 aliphatic heterocycles. The zero-order chi connectivity index (χ0) is 12.4. The Morgan fingerprint density at radius 2 is 2.44 bits per heavy atom. The summed E-state index contributed by atoms with van der Waals surface area (Å²) in [6.07, 6.45) is 7.06. The van der Waals surface area contributed by atoms with Crippen LogP contribution in [-0.4, -0.2) is 43.6 Å². The highest BCUT2D eigenvalue weighted by molar-refractivity contribution is 5.92. The number of aromatic amines is 1. The second kappa shape index (κ2) is 4.64. The minimum Gasteiger partial charge on any atom is -0.357 e. The molecule has 6 heteroatoms. The van der Waals surface area contributed by atoms with Crippen LogP contribution in [-0.2, 0) is 0 Å². The number of carbonyl (C=O) groups excluding carboxylic acids is 1. The van der Waals surface area contributed by atoms with Gasteiger partial charge >= 0.3 is 0 Å². The Balaban J connectivity index is 1.73. The average molecular weight is 245 g/mol. The standard InChI is InChI=1S/C12H15N5O/c18-12(11-4-1-5-14-11)16-6-2-3-10(7-16)17-9-13-8-15-17/h1,4-5,8-10,14H,2-3,6-7H2/t10-/m0/s1. The summed E-state index contributed by atoms with van der Waals surface area (Å²) in [5, 5.41) is 4.16. The zero-order valence-corrected chi connectivity index (χ0v) is 9.99. The summed E-state index contributed by atoms with van der Waals surface area (Å²) in [5.41, 5.74) is 0.647. The molecule has 2 aromatic rings. The highest BCUT2D eigenvalue weighted by atomic mass is 16.2. The topological polar surface area (TPSA) is 66.8 Å². The summed E-state index contributed by atoms with van der Waals surface area (Å²) in [7, 11) is 0. The van der Waals surface area contributed by atoms with Crippen LogP contribution >= 0.6 is 0 Å². The van der Waals surface area contributed by atoms with Gasteiger partial charge in [0, 0.05) is 19.3 Å². The molecule has 3 heterocycles. The molecule has 0 saturated carbocycles. The van der Waals surface area contributed by atoms with E-state index in [-0.39, 0.29) is 11.9 Å². The van der Waals surface area contributed by atoms with Gasteiger partial charge in [-0.1, -0.05) is 0 Å². The molecule has 1 fully saturated rings. The lowest BCUT2D eigenvalue weighted by Crippen LogP contribution is -2.41. The lowest BCUT2D eigenvalue weighted by atomic mass is 10.1. The van der Waals surface area contributed by atoms with Crippen LogP contribution in [0.2, 0.25) is 0 Å². The number of piperidine rings is 1. The summed E-state index contributed by atoms with van der Waals surface area (Å²) >= 11 is 0. The van der Waals surface area contributed by atoms with Gasteiger partial charge in [-0.3, -0.25) is 4.79 Å². The van der Waals surface area contributed by atoms with E-state index in [1.54, 1.807) is 18.6 Å². The SMILES string of the molecule is O=C(c1ccc[nH]1)N1CCC[C@H](n2cncn2)C1. The third kappa shape index (κ3) is 2.01. The Morgan fingerprint density at radius 3 is 3.17 bits per heavy atom. The van der Waals surface area contributed by atoms with Gasteiger partial charge in [0.25, 0.3) is 5.91 Å². The largest absolute Gasteiger partial charge is 0.357 e. The molecule has 0 bridgehead atoms. The Hall–Kier alpha value is -2.11. The molecule has 3 rings (SSSR count). The lowest BCUT2D eigenvalue weighted by Gasteiger charge is -2.32. The average Bonchev–Trinajstić information content (AvgIpc) is 3.11. The summed E-state index contributed by atoms with van der Waals surface area (Å²) in [6.45, 7) is 1.50. The van der Waals surface area contributed by atoms with Crippen molar-refractivity contribution in [1.29, 1.82) is 0 Å². The van der Waals surface area contributed by atoms with E-state index in [4.69, 9.17) is 0 Å². The van der Waals surface area contributed by atoms with Gasteiger partial charge in [-0.25, -0.2) is 9.67 Å². The number of rotatable bonds is 2. The Morgan fingerprint density at radius 1 is 1.50 bits per heavy atom. The molecule has 1 atom stereocenters. The second-order valence-corrected chi connectivity index (χ2v) is 4.51. The second-order valence-electron chi connectivity index (χ2n) is 4.51. The monoisotopic (exact) mass is 245 g/mol. The molecule has 0 spiro atoms. The van der Waals surface area contributed by atoms with Crippen LogP contribution in [0.1, 0.15) is 29.4 Å². The summed E-state index contributed by atoms with van der Waals surface area (Å²) in [5.74, 6) is 0.0600. The molecule has 1 N–H and O–H groups in total. The predicted molar refractivity (Wildman–Crippen MR) is 65.0 cm³/mol. The first kappa shape index (κ1) is 11.0. The van der Waals surface area contributed by atoms with E-state index < -0.39 is 0 Å². The molecule has 0 aliphatic carbocycles. The quantitative estimate of drug-likeness (QED) is 0.861. The molecule has 18 heavy (non-hydrogen) atoms. The van der Waals surface area contributed by atoms with E-state index in [0.29, 0.717) is 12.2 Å². The van der Waals surface area contributed by atoms with Gasteiger partial charge in [0.1, 0.15) is 18.3 Å². The maximum atomic E-state index is 12.2. The van der Waals surface area contributed by atoms with E-state index in [1.807, 2.05) is 15.6 Å². The van der Waals surface area contributed by atoms with Crippen molar-refractivity contribution in [3.63, 3.8) is 0 Å². The molecule has 0 aromatic carbocycles. The van der Waals surface area contributed by atoms with Crippen LogP contribution in [0.4, 0.5) is 0 Å². The van der Waals surface area contributed by atoms with Crippen LogP contribution in [0, 0.1) is 0 Å². The fourth-order valence-electron chi connectivity index (χ4n) is 2.39. The van der Waals surface area contributed by atoms with Gasteiger partial charge in [-0.15, -0.1) is 0 Å². The first-order valence-corrected chi connectivity index (χ1v) is 6.11. The maximum absolute atomic E-state index is 12.2. The van der Waals surface area contributed by atoms with Crippen molar-refractivity contribution in [1.82, 2.24) is 24.6 Å². The molecule has 1 aliphatic rings. The van der Waals surface area contributed by atoms with Gasteiger partial charge in [0.2, 0.25) is 0 Å². The van der Waals surface area contributed by atoms with Gasteiger partial charge in [-0.05, 0) is 25.0 Å². The number of H-pyrrole nitrogens is 1. The number of amides is 1. The molecule has 1 amide bonds. The van der Waals surface area contributed by atoms with Crippen LogP contribution in [0.3, 0.4) is 0 Å². The van der Waals surface area contributed by atoms with Crippen molar-refractivity contribution in [3.05, 3.63) is 36.7 Å². The number of aromatic nitrogens is 4. The van der Waals surface area contributed by atoms with E-state index in [2.05, 4.69) is 15.1 Å². The molecular weight excluding hydrogens is 230 g/mol. The lowest BCUT2D eigenvalue weighted by molar-refractivity contribution is 0.0667. The van der Waals surface area contributed by atoms with Crippen LogP contribution in [0.25, 0.3) is 0 Å². The molecule has 94 valence electrons. The van der Waals surface area contributed by atoms with E-state index in [1.165, 1.54) is 6.33 Å². The van der Waals surface area contributed by atoms with Crippen molar-refractivity contribution in [2.24, 2.45) is 0 Å². The normalized spacial score (nSPS) is 20.0. The Bertz CT molecular complexity index is 505. The molecule has 6 nitrogen and oxygen atoms in total. The Labute approximate surface area is 105 Å². The smallest absolute Gasteiger partial charge is 0.270 e. The third-order valence-electron chi connectivity index (χ3n) is 3.32. The highest BCUT2D eigenvalue weighted by Crippen LogP contribution is 2.21. The van der Waals surface area contributed by atoms with Crippen LogP contribution in [0.15, 0.2) is 31.0 Å². The fraction of sp³-hybridized carbons (Fsp3) is 0.417. The van der Waals surface area contributed by atoms with E-state index in [9.17, 15) is 4.79 Å². The maximum Gasteiger partial charge on any atom is 0.270 e. The number of nitrogens with zero attached hydrogens (tertiary/aromatic N) is 4. The number of carbonyl (C=O) groups is 1. The molecular formula is C12H15N5O. The van der Waals surface area contributed by atoms with Crippen molar-refractivity contribution >= 4 is 5.91 Å². The molecule has 0 unspecified atom stereocenters. The Kier molecular flexibility index (Phi) is 2.84. The van der Waals surface area contributed by atoms with Gasteiger partial charge in [-0.2, -0.15) is 5.10 Å². The van der Waals surface area contributed by atoms with Gasteiger partial charge < -0.3 is 9.88 Å². The predicted octanol–water partition coefficient (Wildman–Crippen LogP) is 1.08.